The SMILES string of the molecule is CCC(CC)CCCC(O)CCCO. The van der Waals surface area contributed by atoms with Crippen molar-refractivity contribution >= 4 is 0 Å². The van der Waals surface area contributed by atoms with Crippen molar-refractivity contribution in [3.05, 3.63) is 0 Å². The predicted octanol–water partition coefficient (Wildman–Crippen LogP) is 2.73. The van der Waals surface area contributed by atoms with Gasteiger partial charge in [-0.15, -0.1) is 0 Å². The minimum absolute atomic E-state index is 0.198. The van der Waals surface area contributed by atoms with Crippen LogP contribution < -0.4 is 0 Å². The number of hydrogen-bond acceptors (Lipinski definition) is 2. The van der Waals surface area contributed by atoms with Crippen LogP contribution in [0.2, 0.25) is 0 Å². The molecule has 0 bridgehead atoms. The van der Waals surface area contributed by atoms with Crippen molar-refractivity contribution < 1.29 is 10.2 Å². The Balaban J connectivity index is 3.33. The zero-order valence-corrected chi connectivity index (χ0v) is 9.71. The number of aliphatic hydroxyl groups is 2. The van der Waals surface area contributed by atoms with Gasteiger partial charge in [0.1, 0.15) is 0 Å². The van der Waals surface area contributed by atoms with Crippen LogP contribution in [-0.2, 0) is 0 Å². The molecule has 14 heavy (non-hydrogen) atoms. The maximum absolute atomic E-state index is 9.53. The van der Waals surface area contributed by atoms with E-state index in [-0.39, 0.29) is 12.7 Å². The minimum Gasteiger partial charge on any atom is -0.396 e. The number of hydrogen-bond donors (Lipinski definition) is 2. The summed E-state index contributed by atoms with van der Waals surface area (Å²) in [6.45, 7) is 4.66. The monoisotopic (exact) mass is 202 g/mol. The molecule has 0 fully saturated rings. The Morgan fingerprint density at radius 1 is 0.929 bits per heavy atom. The summed E-state index contributed by atoms with van der Waals surface area (Å²) in [5.41, 5.74) is 0. The summed E-state index contributed by atoms with van der Waals surface area (Å²) in [7, 11) is 0. The van der Waals surface area contributed by atoms with Gasteiger partial charge in [-0.05, 0) is 25.2 Å². The summed E-state index contributed by atoms with van der Waals surface area (Å²) in [5.74, 6) is 0.833. The zero-order chi connectivity index (χ0) is 10.8. The normalized spacial score (nSPS) is 13.5. The fraction of sp³-hybridized carbons (Fsp3) is 1.00. The molecule has 0 amide bonds. The number of rotatable bonds is 9. The first-order chi connectivity index (χ1) is 6.74. The quantitative estimate of drug-likeness (QED) is 0.603. The molecule has 2 heteroatoms. The van der Waals surface area contributed by atoms with Gasteiger partial charge in [-0.3, -0.25) is 0 Å². The van der Waals surface area contributed by atoms with Crippen molar-refractivity contribution in [3.8, 4) is 0 Å². The second-order valence-corrected chi connectivity index (χ2v) is 4.13. The lowest BCUT2D eigenvalue weighted by Crippen LogP contribution is -2.08. The third-order valence-corrected chi connectivity index (χ3v) is 3.00. The van der Waals surface area contributed by atoms with Crippen molar-refractivity contribution in [2.45, 2.75) is 64.9 Å². The fourth-order valence-electron chi connectivity index (χ4n) is 1.81. The zero-order valence-electron chi connectivity index (χ0n) is 9.71. The van der Waals surface area contributed by atoms with Gasteiger partial charge >= 0.3 is 0 Å². The van der Waals surface area contributed by atoms with Crippen molar-refractivity contribution in [1.82, 2.24) is 0 Å². The Morgan fingerprint density at radius 2 is 1.50 bits per heavy atom. The predicted molar refractivity (Wildman–Crippen MR) is 60.2 cm³/mol. The van der Waals surface area contributed by atoms with E-state index in [0.717, 1.165) is 31.6 Å². The molecule has 0 aliphatic carbocycles. The molecule has 0 aromatic carbocycles. The Bertz CT molecular complexity index is 111. The first kappa shape index (κ1) is 13.9. The third-order valence-electron chi connectivity index (χ3n) is 3.00. The largest absolute Gasteiger partial charge is 0.396 e. The van der Waals surface area contributed by atoms with Crippen molar-refractivity contribution in [2.24, 2.45) is 5.92 Å². The van der Waals surface area contributed by atoms with Crippen molar-refractivity contribution in [3.63, 3.8) is 0 Å². The van der Waals surface area contributed by atoms with E-state index in [1.807, 2.05) is 0 Å². The van der Waals surface area contributed by atoms with Crippen LogP contribution in [0.4, 0.5) is 0 Å². The molecule has 0 rings (SSSR count). The topological polar surface area (TPSA) is 40.5 Å². The lowest BCUT2D eigenvalue weighted by molar-refractivity contribution is 0.136. The highest BCUT2D eigenvalue weighted by atomic mass is 16.3. The van der Waals surface area contributed by atoms with E-state index in [0.29, 0.717) is 0 Å². The molecule has 2 nitrogen and oxygen atoms in total. The highest BCUT2D eigenvalue weighted by molar-refractivity contribution is 4.60. The van der Waals surface area contributed by atoms with Gasteiger partial charge in [0.2, 0.25) is 0 Å². The van der Waals surface area contributed by atoms with Crippen LogP contribution in [0.1, 0.15) is 58.8 Å². The summed E-state index contributed by atoms with van der Waals surface area (Å²) < 4.78 is 0. The van der Waals surface area contributed by atoms with Gasteiger partial charge in [0, 0.05) is 6.61 Å². The van der Waals surface area contributed by atoms with Gasteiger partial charge in [0.25, 0.3) is 0 Å². The van der Waals surface area contributed by atoms with Crippen molar-refractivity contribution in [2.75, 3.05) is 6.61 Å². The highest BCUT2D eigenvalue weighted by Crippen LogP contribution is 2.17. The molecule has 0 radical (unpaired) electrons. The van der Waals surface area contributed by atoms with E-state index >= 15 is 0 Å². The molecule has 0 spiro atoms. The molecular weight excluding hydrogens is 176 g/mol. The molecule has 2 N–H and O–H groups in total. The van der Waals surface area contributed by atoms with Crippen LogP contribution in [-0.4, -0.2) is 22.9 Å². The van der Waals surface area contributed by atoms with Gasteiger partial charge < -0.3 is 10.2 Å². The smallest absolute Gasteiger partial charge is 0.0541 e. The van der Waals surface area contributed by atoms with Crippen LogP contribution in [0.25, 0.3) is 0 Å². The fourth-order valence-corrected chi connectivity index (χ4v) is 1.81. The number of aliphatic hydroxyl groups excluding tert-OH is 2. The van der Waals surface area contributed by atoms with E-state index in [4.69, 9.17) is 5.11 Å². The van der Waals surface area contributed by atoms with Crippen LogP contribution in [0.5, 0.6) is 0 Å². The van der Waals surface area contributed by atoms with E-state index < -0.39 is 0 Å². The molecule has 1 unspecified atom stereocenters. The Kier molecular flexibility index (Phi) is 9.42. The molecule has 0 saturated carbocycles. The Labute approximate surface area is 88.3 Å². The van der Waals surface area contributed by atoms with E-state index in [1.165, 1.54) is 19.3 Å². The third kappa shape index (κ3) is 7.34. The molecule has 0 aliphatic heterocycles. The maximum Gasteiger partial charge on any atom is 0.0541 e. The standard InChI is InChI=1S/C12H26O2/c1-3-11(4-2)7-5-8-12(14)9-6-10-13/h11-14H,3-10H2,1-2H3. The first-order valence-corrected chi connectivity index (χ1v) is 6.03. The maximum atomic E-state index is 9.53. The van der Waals surface area contributed by atoms with Crippen molar-refractivity contribution in [1.29, 1.82) is 0 Å². The molecule has 1 atom stereocenters. The molecule has 0 aliphatic rings. The lowest BCUT2D eigenvalue weighted by Gasteiger charge is -2.14. The Morgan fingerprint density at radius 3 is 2.00 bits per heavy atom. The summed E-state index contributed by atoms with van der Waals surface area (Å²) in [6, 6.07) is 0. The van der Waals surface area contributed by atoms with Gasteiger partial charge in [0.05, 0.1) is 6.10 Å². The highest BCUT2D eigenvalue weighted by Gasteiger charge is 2.06. The van der Waals surface area contributed by atoms with Gasteiger partial charge in [-0.2, -0.15) is 0 Å². The summed E-state index contributed by atoms with van der Waals surface area (Å²) >= 11 is 0. The Hall–Kier alpha value is -0.0800. The van der Waals surface area contributed by atoms with Gasteiger partial charge in [-0.25, -0.2) is 0 Å². The lowest BCUT2D eigenvalue weighted by atomic mass is 9.95. The average molecular weight is 202 g/mol. The van der Waals surface area contributed by atoms with Gasteiger partial charge in [0.15, 0.2) is 0 Å². The molecule has 0 saturated heterocycles. The van der Waals surface area contributed by atoms with Crippen LogP contribution in [0.3, 0.4) is 0 Å². The molecule has 0 heterocycles. The molecule has 86 valence electrons. The molecular formula is C12H26O2. The summed E-state index contributed by atoms with van der Waals surface area (Å²) in [5, 5.41) is 18.1. The average Bonchev–Trinajstić information content (AvgIpc) is 2.21. The minimum atomic E-state index is -0.198. The molecule has 0 aromatic rings. The molecule has 0 aromatic heterocycles. The summed E-state index contributed by atoms with van der Waals surface area (Å²) in [4.78, 5) is 0. The van der Waals surface area contributed by atoms with Gasteiger partial charge in [-0.1, -0.05) is 39.5 Å². The van der Waals surface area contributed by atoms with Crippen LogP contribution >= 0.6 is 0 Å². The first-order valence-electron chi connectivity index (χ1n) is 6.03. The van der Waals surface area contributed by atoms with Crippen LogP contribution in [0, 0.1) is 5.92 Å². The van der Waals surface area contributed by atoms with Crippen LogP contribution in [0.15, 0.2) is 0 Å². The summed E-state index contributed by atoms with van der Waals surface area (Å²) in [6.07, 6.45) is 7.05. The van der Waals surface area contributed by atoms with E-state index in [1.54, 1.807) is 0 Å². The second-order valence-electron chi connectivity index (χ2n) is 4.13. The van der Waals surface area contributed by atoms with E-state index in [9.17, 15) is 5.11 Å². The second kappa shape index (κ2) is 9.47. The van der Waals surface area contributed by atoms with E-state index in [2.05, 4.69) is 13.8 Å².